The van der Waals surface area contributed by atoms with Crippen LogP contribution in [0.5, 0.6) is 0 Å². The van der Waals surface area contributed by atoms with Crippen LogP contribution in [0.1, 0.15) is 33.4 Å². The minimum Gasteiger partial charge on any atom is -0.310 e. The number of hydrogen-bond donors (Lipinski definition) is 0. The molecule has 14 rings (SSSR count). The highest BCUT2D eigenvalue weighted by Gasteiger charge is 2.44. The van der Waals surface area contributed by atoms with Crippen molar-refractivity contribution in [3.8, 4) is 5.69 Å². The van der Waals surface area contributed by atoms with E-state index >= 15 is 0 Å². The zero-order valence-electron chi connectivity index (χ0n) is 39.1. The summed E-state index contributed by atoms with van der Waals surface area (Å²) in [5.41, 5.74) is 14.6. The smallest absolute Gasteiger partial charge is 0.0708 e. The first-order valence-corrected chi connectivity index (χ1v) is 26.0. The van der Waals surface area contributed by atoms with Gasteiger partial charge in [0.05, 0.1) is 22.1 Å². The number of fused-ring (bicyclic) bond motifs is 13. The molecule has 0 atom stereocenters. The number of rotatable bonds is 7. The minimum atomic E-state index is -0.620. The summed E-state index contributed by atoms with van der Waals surface area (Å²) < 4.78 is 8.04. The molecule has 4 heteroatoms. The van der Waals surface area contributed by atoms with Crippen molar-refractivity contribution in [3.05, 3.63) is 289 Å². The molecule has 0 fully saturated rings. The van der Waals surface area contributed by atoms with Gasteiger partial charge in [0.15, 0.2) is 0 Å². The SMILES string of the molecule is C=CC=C.c1ccc(N(c2ccccc2)c2ccc3c(c2)c2ccccc2n3-c2cc3c(c4sc5ccccc5c24)CCc2c(ccc4c2sc2ccccc24)C3(c2ccccc2)c2ccccc2)cc1. The van der Waals surface area contributed by atoms with Crippen molar-refractivity contribution in [2.75, 3.05) is 4.90 Å². The molecule has 0 N–H and O–H groups in total. The van der Waals surface area contributed by atoms with E-state index in [2.05, 4.69) is 253 Å². The topological polar surface area (TPSA) is 8.17 Å². The molecule has 0 unspecified atom stereocenters. The minimum absolute atomic E-state index is 0.620. The van der Waals surface area contributed by atoms with Gasteiger partial charge in [-0.1, -0.05) is 189 Å². The van der Waals surface area contributed by atoms with Crippen LogP contribution in [-0.4, -0.2) is 4.57 Å². The second-order valence-electron chi connectivity index (χ2n) is 18.3. The molecule has 1 aliphatic carbocycles. The van der Waals surface area contributed by atoms with Gasteiger partial charge in [0.25, 0.3) is 0 Å². The van der Waals surface area contributed by atoms with Crippen LogP contribution in [0.2, 0.25) is 0 Å². The van der Waals surface area contributed by atoms with E-state index in [0.29, 0.717) is 0 Å². The highest BCUT2D eigenvalue weighted by molar-refractivity contribution is 7.26. The molecular formula is C67H48N2S2. The van der Waals surface area contributed by atoms with Gasteiger partial charge in [-0.25, -0.2) is 0 Å². The lowest BCUT2D eigenvalue weighted by atomic mass is 9.63. The molecule has 2 nitrogen and oxygen atoms in total. The molecule has 13 aromatic rings. The zero-order chi connectivity index (χ0) is 47.5. The summed E-state index contributed by atoms with van der Waals surface area (Å²) in [6, 6.07) is 86.0. The first kappa shape index (κ1) is 42.8. The zero-order valence-corrected chi connectivity index (χ0v) is 40.8. The summed E-state index contributed by atoms with van der Waals surface area (Å²) in [6.45, 7) is 6.72. The maximum atomic E-state index is 3.36. The second kappa shape index (κ2) is 17.6. The van der Waals surface area contributed by atoms with Gasteiger partial charge in [0.1, 0.15) is 0 Å². The monoisotopic (exact) mass is 944 g/mol. The Bertz CT molecular complexity index is 4060. The van der Waals surface area contributed by atoms with Gasteiger partial charge >= 0.3 is 0 Å². The number of para-hydroxylation sites is 3. The number of nitrogens with zero attached hydrogens (tertiary/aromatic N) is 2. The van der Waals surface area contributed by atoms with Crippen molar-refractivity contribution in [1.29, 1.82) is 0 Å². The molecule has 0 saturated heterocycles. The molecule has 338 valence electrons. The Kier molecular flexibility index (Phi) is 10.6. The Hall–Kier alpha value is -8.28. The highest BCUT2D eigenvalue weighted by Crippen LogP contribution is 2.56. The lowest BCUT2D eigenvalue weighted by molar-refractivity contribution is 0.742. The second-order valence-corrected chi connectivity index (χ2v) is 20.4. The van der Waals surface area contributed by atoms with Gasteiger partial charge in [-0.2, -0.15) is 0 Å². The van der Waals surface area contributed by atoms with Crippen molar-refractivity contribution in [1.82, 2.24) is 4.57 Å². The van der Waals surface area contributed by atoms with Gasteiger partial charge in [0, 0.05) is 68.2 Å². The average Bonchev–Trinajstić information content (AvgIpc) is 4.10. The molecular weight excluding hydrogens is 897 g/mol. The van der Waals surface area contributed by atoms with E-state index in [1.54, 1.807) is 12.2 Å². The van der Waals surface area contributed by atoms with Crippen molar-refractivity contribution in [3.63, 3.8) is 0 Å². The summed E-state index contributed by atoms with van der Waals surface area (Å²) in [5, 5.41) is 7.79. The molecule has 0 saturated carbocycles. The molecule has 10 aromatic carbocycles. The van der Waals surface area contributed by atoms with E-state index in [4.69, 9.17) is 0 Å². The molecule has 3 aromatic heterocycles. The number of allylic oxidation sites excluding steroid dienone is 2. The number of aryl methyl sites for hydroxylation is 2. The fourth-order valence-electron chi connectivity index (χ4n) is 11.7. The third-order valence-electron chi connectivity index (χ3n) is 14.6. The van der Waals surface area contributed by atoms with Crippen LogP contribution in [0.15, 0.2) is 256 Å². The predicted octanol–water partition coefficient (Wildman–Crippen LogP) is 18.8. The van der Waals surface area contributed by atoms with E-state index in [-0.39, 0.29) is 0 Å². The maximum absolute atomic E-state index is 3.36. The maximum Gasteiger partial charge on any atom is 0.0708 e. The predicted molar refractivity (Wildman–Crippen MR) is 307 cm³/mol. The van der Waals surface area contributed by atoms with Gasteiger partial charge in [-0.3, -0.25) is 0 Å². The fraction of sp³-hybridized carbons (Fsp3) is 0.0448. The molecule has 0 radical (unpaired) electrons. The fourth-order valence-corrected chi connectivity index (χ4v) is 14.2. The Morgan fingerprint density at radius 2 is 0.915 bits per heavy atom. The van der Waals surface area contributed by atoms with Crippen LogP contribution < -0.4 is 4.90 Å². The quantitative estimate of drug-likeness (QED) is 0.145. The highest BCUT2D eigenvalue weighted by atomic mass is 32.1. The van der Waals surface area contributed by atoms with Gasteiger partial charge in [0.2, 0.25) is 0 Å². The summed E-state index contributed by atoms with van der Waals surface area (Å²) in [7, 11) is 0. The van der Waals surface area contributed by atoms with Crippen molar-refractivity contribution < 1.29 is 0 Å². The van der Waals surface area contributed by atoms with E-state index in [0.717, 1.165) is 29.9 Å². The summed E-state index contributed by atoms with van der Waals surface area (Å²) in [5.74, 6) is 0. The first-order valence-electron chi connectivity index (χ1n) is 24.4. The third kappa shape index (κ3) is 6.74. The number of hydrogen-bond acceptors (Lipinski definition) is 3. The van der Waals surface area contributed by atoms with Gasteiger partial charge < -0.3 is 9.47 Å². The molecule has 71 heavy (non-hydrogen) atoms. The third-order valence-corrected chi connectivity index (χ3v) is 17.1. The molecule has 0 spiro atoms. The average molecular weight is 945 g/mol. The van der Waals surface area contributed by atoms with Crippen LogP contribution in [-0.2, 0) is 18.3 Å². The van der Waals surface area contributed by atoms with Crippen molar-refractivity contribution in [2.24, 2.45) is 0 Å². The Morgan fingerprint density at radius 3 is 1.55 bits per heavy atom. The van der Waals surface area contributed by atoms with E-state index in [9.17, 15) is 0 Å². The van der Waals surface area contributed by atoms with Crippen molar-refractivity contribution >= 4 is 102 Å². The lowest BCUT2D eigenvalue weighted by Crippen LogP contribution is -2.32. The molecule has 1 aliphatic rings. The Balaban J connectivity index is 0.00000119. The van der Waals surface area contributed by atoms with E-state index in [1.165, 1.54) is 101 Å². The number of benzene rings is 10. The van der Waals surface area contributed by atoms with Crippen LogP contribution in [0, 0.1) is 0 Å². The van der Waals surface area contributed by atoms with Gasteiger partial charge in [-0.05, 0) is 113 Å². The van der Waals surface area contributed by atoms with Crippen LogP contribution >= 0.6 is 22.7 Å². The summed E-state index contributed by atoms with van der Waals surface area (Å²) in [6.07, 6.45) is 5.17. The molecule has 0 aliphatic heterocycles. The number of thiophene rings is 2. The van der Waals surface area contributed by atoms with Crippen LogP contribution in [0.3, 0.4) is 0 Å². The number of aromatic nitrogens is 1. The van der Waals surface area contributed by atoms with Crippen LogP contribution in [0.4, 0.5) is 17.1 Å². The largest absolute Gasteiger partial charge is 0.310 e. The normalized spacial score (nSPS) is 12.9. The standard InChI is InChI=1S/C63H42N2S2.C4H6/c1-5-19-41(20-6-1)63(42-21-7-2-8-22-42)53-37-36-48-47-28-14-17-31-58(47)66-61(48)49(53)34-35-50-54(63)40-57(60-51-29-15-18-32-59(51)67-62(50)60)65-55-30-16-13-27-46(55)52-39-45(33-38-56(52)65)64(43-23-9-3-10-24-43)44-25-11-4-12-26-44;1-3-4-2/h1-33,36-40H,34-35H2;3-4H,1-2H2. The van der Waals surface area contributed by atoms with E-state index in [1.807, 2.05) is 22.7 Å². The number of anilines is 3. The first-order chi connectivity index (χ1) is 35.2. The summed E-state index contributed by atoms with van der Waals surface area (Å²) in [4.78, 5) is 2.37. The van der Waals surface area contributed by atoms with Crippen molar-refractivity contribution in [2.45, 2.75) is 18.3 Å². The lowest BCUT2D eigenvalue weighted by Gasteiger charge is -2.38. The van der Waals surface area contributed by atoms with Crippen LogP contribution in [0.25, 0.3) is 67.8 Å². The summed E-state index contributed by atoms with van der Waals surface area (Å²) >= 11 is 3.93. The Morgan fingerprint density at radius 1 is 0.408 bits per heavy atom. The molecule has 0 amide bonds. The molecule has 3 heterocycles. The molecule has 0 bridgehead atoms. The van der Waals surface area contributed by atoms with E-state index < -0.39 is 5.41 Å². The Labute approximate surface area is 421 Å². The van der Waals surface area contributed by atoms with Gasteiger partial charge in [-0.15, -0.1) is 22.7 Å².